The molecule has 2 nitrogen and oxygen atoms in total. The maximum absolute atomic E-state index is 12.5. The molecule has 3 rings (SSSR count). The topological polar surface area (TPSA) is 43.1 Å². The van der Waals surface area contributed by atoms with E-state index in [1.807, 2.05) is 18.2 Å². The number of hydrogen-bond donors (Lipinski definition) is 1. The van der Waals surface area contributed by atoms with Crippen molar-refractivity contribution in [3.63, 3.8) is 0 Å². The summed E-state index contributed by atoms with van der Waals surface area (Å²) in [7, 11) is 0. The van der Waals surface area contributed by atoms with E-state index in [-0.39, 0.29) is 11.3 Å². The van der Waals surface area contributed by atoms with Crippen LogP contribution in [0.5, 0.6) is 0 Å². The van der Waals surface area contributed by atoms with E-state index in [1.54, 1.807) is 0 Å². The van der Waals surface area contributed by atoms with E-state index in [0.29, 0.717) is 11.7 Å². The molecule has 0 saturated heterocycles. The van der Waals surface area contributed by atoms with Crippen LogP contribution in [0.15, 0.2) is 18.2 Å². The van der Waals surface area contributed by atoms with Crippen LogP contribution in [0, 0.1) is 11.8 Å². The first-order chi connectivity index (χ1) is 8.04. The third-order valence-corrected chi connectivity index (χ3v) is 5.08. The van der Waals surface area contributed by atoms with Crippen LogP contribution in [-0.4, -0.2) is 5.78 Å². The SMILES string of the molecule is C[C@H]1[C@@H]2CCC[C@]1(C)c1cc(N)ccc1C2=O. The molecule has 3 atom stereocenters. The number of benzene rings is 1. The van der Waals surface area contributed by atoms with Gasteiger partial charge in [-0.1, -0.05) is 20.3 Å². The van der Waals surface area contributed by atoms with Crippen LogP contribution in [0.1, 0.15) is 49.0 Å². The Kier molecular flexibility index (Phi) is 2.13. The van der Waals surface area contributed by atoms with Crippen LogP contribution < -0.4 is 5.73 Å². The van der Waals surface area contributed by atoms with Crippen LogP contribution in [0.3, 0.4) is 0 Å². The summed E-state index contributed by atoms with van der Waals surface area (Å²) in [5, 5.41) is 0. The molecule has 1 fully saturated rings. The summed E-state index contributed by atoms with van der Waals surface area (Å²) in [6, 6.07) is 5.80. The third-order valence-electron chi connectivity index (χ3n) is 5.08. The molecule has 0 unspecified atom stereocenters. The fourth-order valence-corrected chi connectivity index (χ4v) is 3.80. The molecule has 17 heavy (non-hydrogen) atoms. The van der Waals surface area contributed by atoms with E-state index in [0.717, 1.165) is 24.1 Å². The second kappa shape index (κ2) is 3.34. The first-order valence-electron chi connectivity index (χ1n) is 6.48. The highest BCUT2D eigenvalue weighted by molar-refractivity contribution is 6.01. The van der Waals surface area contributed by atoms with Gasteiger partial charge in [0.1, 0.15) is 0 Å². The van der Waals surface area contributed by atoms with Gasteiger partial charge in [0.25, 0.3) is 0 Å². The summed E-state index contributed by atoms with van der Waals surface area (Å²) in [4.78, 5) is 12.5. The van der Waals surface area contributed by atoms with Gasteiger partial charge in [0.15, 0.2) is 5.78 Å². The van der Waals surface area contributed by atoms with Gasteiger partial charge < -0.3 is 5.73 Å². The van der Waals surface area contributed by atoms with Crippen molar-refractivity contribution < 1.29 is 4.79 Å². The lowest BCUT2D eigenvalue weighted by Gasteiger charge is -2.49. The smallest absolute Gasteiger partial charge is 0.166 e. The highest BCUT2D eigenvalue weighted by Gasteiger charge is 2.49. The Morgan fingerprint density at radius 2 is 2.18 bits per heavy atom. The number of ketones is 1. The summed E-state index contributed by atoms with van der Waals surface area (Å²) < 4.78 is 0. The Morgan fingerprint density at radius 1 is 1.41 bits per heavy atom. The largest absolute Gasteiger partial charge is 0.399 e. The number of rotatable bonds is 0. The molecule has 2 aliphatic rings. The second-order valence-electron chi connectivity index (χ2n) is 5.87. The maximum Gasteiger partial charge on any atom is 0.166 e. The van der Waals surface area contributed by atoms with Crippen molar-refractivity contribution in [3.8, 4) is 0 Å². The highest BCUT2D eigenvalue weighted by Crippen LogP contribution is 2.52. The molecule has 1 aromatic rings. The minimum Gasteiger partial charge on any atom is -0.399 e. The van der Waals surface area contributed by atoms with Gasteiger partial charge in [-0.05, 0) is 47.9 Å². The number of nitrogens with two attached hydrogens (primary N) is 1. The average Bonchev–Trinajstić information content (AvgIpc) is 2.30. The number of carbonyl (C=O) groups excluding carboxylic acids is 1. The number of Topliss-reactive ketones (excluding diaryl/α,β-unsaturated/α-hetero) is 1. The normalized spacial score (nSPS) is 35.5. The Hall–Kier alpha value is -1.31. The van der Waals surface area contributed by atoms with Crippen molar-refractivity contribution in [3.05, 3.63) is 29.3 Å². The Labute approximate surface area is 102 Å². The Morgan fingerprint density at radius 3 is 2.94 bits per heavy atom. The molecule has 0 aliphatic heterocycles. The minimum absolute atomic E-state index is 0.140. The van der Waals surface area contributed by atoms with E-state index >= 15 is 0 Å². The summed E-state index contributed by atoms with van der Waals surface area (Å²) >= 11 is 0. The van der Waals surface area contributed by atoms with Crippen molar-refractivity contribution in [2.45, 2.75) is 38.5 Å². The maximum atomic E-state index is 12.5. The van der Waals surface area contributed by atoms with Crippen molar-refractivity contribution >= 4 is 11.5 Å². The van der Waals surface area contributed by atoms with Crippen molar-refractivity contribution in [2.75, 3.05) is 5.73 Å². The lowest BCUT2D eigenvalue weighted by atomic mass is 9.54. The van der Waals surface area contributed by atoms with Gasteiger partial charge in [0, 0.05) is 17.2 Å². The second-order valence-corrected chi connectivity index (χ2v) is 5.87. The lowest BCUT2D eigenvalue weighted by molar-refractivity contribution is 0.0668. The Balaban J connectivity index is 2.26. The average molecular weight is 229 g/mol. The minimum atomic E-state index is 0.140. The van der Waals surface area contributed by atoms with Crippen LogP contribution >= 0.6 is 0 Å². The van der Waals surface area contributed by atoms with Gasteiger partial charge in [-0.25, -0.2) is 0 Å². The summed E-state index contributed by atoms with van der Waals surface area (Å²) in [5.41, 5.74) is 8.91. The molecule has 2 N–H and O–H groups in total. The molecule has 1 aromatic carbocycles. The van der Waals surface area contributed by atoms with Gasteiger partial charge in [-0.2, -0.15) is 0 Å². The molecule has 0 spiro atoms. The van der Waals surface area contributed by atoms with Crippen molar-refractivity contribution in [1.82, 2.24) is 0 Å². The third kappa shape index (κ3) is 1.30. The fraction of sp³-hybridized carbons (Fsp3) is 0.533. The highest BCUT2D eigenvalue weighted by atomic mass is 16.1. The molecule has 0 amide bonds. The number of anilines is 1. The van der Waals surface area contributed by atoms with Gasteiger partial charge in [0.05, 0.1) is 0 Å². The van der Waals surface area contributed by atoms with Crippen LogP contribution in [0.25, 0.3) is 0 Å². The van der Waals surface area contributed by atoms with Crippen molar-refractivity contribution in [1.29, 1.82) is 0 Å². The molecule has 2 bridgehead atoms. The first-order valence-corrected chi connectivity index (χ1v) is 6.48. The summed E-state index contributed by atoms with van der Waals surface area (Å²) in [5.74, 6) is 1.01. The molecule has 0 heterocycles. The van der Waals surface area contributed by atoms with E-state index in [9.17, 15) is 4.79 Å². The first kappa shape index (κ1) is 10.8. The molecule has 90 valence electrons. The molecule has 2 aliphatic carbocycles. The number of hydrogen-bond acceptors (Lipinski definition) is 2. The van der Waals surface area contributed by atoms with E-state index < -0.39 is 0 Å². The number of fused-ring (bicyclic) bond motifs is 4. The predicted octanol–water partition coefficient (Wildman–Crippen LogP) is 3.16. The van der Waals surface area contributed by atoms with Crippen LogP contribution in [0.4, 0.5) is 5.69 Å². The van der Waals surface area contributed by atoms with E-state index in [1.165, 1.54) is 12.0 Å². The van der Waals surface area contributed by atoms with Gasteiger partial charge in [-0.3, -0.25) is 4.79 Å². The molecular weight excluding hydrogens is 210 g/mol. The summed E-state index contributed by atoms with van der Waals surface area (Å²) in [6.07, 6.45) is 3.39. The van der Waals surface area contributed by atoms with Crippen molar-refractivity contribution in [2.24, 2.45) is 11.8 Å². The number of carbonyl (C=O) groups is 1. The molecule has 0 radical (unpaired) electrons. The number of nitrogen functional groups attached to an aromatic ring is 1. The Bertz CT molecular complexity index is 494. The predicted molar refractivity (Wildman–Crippen MR) is 69.0 cm³/mol. The van der Waals surface area contributed by atoms with E-state index in [4.69, 9.17) is 5.73 Å². The monoisotopic (exact) mass is 229 g/mol. The van der Waals surface area contributed by atoms with Gasteiger partial charge in [-0.15, -0.1) is 0 Å². The fourth-order valence-electron chi connectivity index (χ4n) is 3.80. The molecule has 1 saturated carbocycles. The van der Waals surface area contributed by atoms with Crippen LogP contribution in [0.2, 0.25) is 0 Å². The molecule has 0 aromatic heterocycles. The van der Waals surface area contributed by atoms with Gasteiger partial charge >= 0.3 is 0 Å². The zero-order valence-corrected chi connectivity index (χ0v) is 10.5. The van der Waals surface area contributed by atoms with E-state index in [2.05, 4.69) is 13.8 Å². The quantitative estimate of drug-likeness (QED) is 0.694. The zero-order valence-electron chi connectivity index (χ0n) is 10.5. The molecule has 2 heteroatoms. The lowest BCUT2D eigenvalue weighted by Crippen LogP contribution is -2.47. The van der Waals surface area contributed by atoms with Gasteiger partial charge in [0.2, 0.25) is 0 Å². The molecular formula is C15H19NO. The standard InChI is InChI=1S/C15H19NO/c1-9-11-4-3-7-15(9,2)13-8-10(16)5-6-12(13)14(11)17/h5-6,8-9,11H,3-4,7,16H2,1-2H3/t9-,11-,15-/m0/s1. The zero-order chi connectivity index (χ0) is 12.2. The summed E-state index contributed by atoms with van der Waals surface area (Å²) in [6.45, 7) is 4.53. The van der Waals surface area contributed by atoms with Crippen LogP contribution in [-0.2, 0) is 5.41 Å².